The molecule has 1 saturated heterocycles. The molecule has 39 heavy (non-hydrogen) atoms. The van der Waals surface area contributed by atoms with Crippen molar-refractivity contribution in [1.29, 1.82) is 0 Å². The molecule has 1 unspecified atom stereocenters. The lowest BCUT2D eigenvalue weighted by Gasteiger charge is -2.45. The van der Waals surface area contributed by atoms with E-state index >= 15 is 0 Å². The first-order chi connectivity index (χ1) is 18.8. The minimum Gasteiger partial charge on any atom is -0.481 e. The molecule has 212 valence electrons. The Hall–Kier alpha value is -3.44. The van der Waals surface area contributed by atoms with E-state index in [2.05, 4.69) is 38.6 Å². The van der Waals surface area contributed by atoms with Gasteiger partial charge in [-0.25, -0.2) is 4.79 Å². The van der Waals surface area contributed by atoms with E-state index in [-0.39, 0.29) is 17.5 Å². The quantitative estimate of drug-likeness (QED) is 0.248. The number of hydrogen-bond donors (Lipinski definition) is 3. The molecule has 1 atom stereocenters. The fourth-order valence-corrected chi connectivity index (χ4v) is 4.99. The van der Waals surface area contributed by atoms with Gasteiger partial charge in [0.2, 0.25) is 0 Å². The molecule has 1 aromatic carbocycles. The SMILES string of the molecule is CCCCOc1nc(N)c2[nH]c(=O)n(CCCN(Cc3ccc(C(C)C(=O)O)cc3)C3CN(CCC)C3)c2n1. The number of hydrogen-bond acceptors (Lipinski definition) is 8. The van der Waals surface area contributed by atoms with E-state index in [0.29, 0.717) is 30.4 Å². The van der Waals surface area contributed by atoms with Gasteiger partial charge >= 0.3 is 17.7 Å². The van der Waals surface area contributed by atoms with Crippen LogP contribution in [0.15, 0.2) is 29.1 Å². The van der Waals surface area contributed by atoms with Crippen LogP contribution in [0.2, 0.25) is 0 Å². The van der Waals surface area contributed by atoms with Gasteiger partial charge < -0.3 is 25.5 Å². The van der Waals surface area contributed by atoms with E-state index in [1.54, 1.807) is 11.5 Å². The zero-order chi connectivity index (χ0) is 27.9. The summed E-state index contributed by atoms with van der Waals surface area (Å²) in [7, 11) is 0. The van der Waals surface area contributed by atoms with E-state index in [0.717, 1.165) is 69.5 Å². The van der Waals surface area contributed by atoms with Crippen molar-refractivity contribution in [3.63, 3.8) is 0 Å². The van der Waals surface area contributed by atoms with E-state index in [1.165, 1.54) is 0 Å². The van der Waals surface area contributed by atoms with E-state index in [9.17, 15) is 14.7 Å². The van der Waals surface area contributed by atoms with Crippen LogP contribution in [0.3, 0.4) is 0 Å². The lowest BCUT2D eigenvalue weighted by Crippen LogP contribution is -2.59. The molecule has 2 aromatic heterocycles. The lowest BCUT2D eigenvalue weighted by molar-refractivity contribution is -0.138. The van der Waals surface area contributed by atoms with Crippen molar-refractivity contribution in [3.05, 3.63) is 45.9 Å². The first-order valence-electron chi connectivity index (χ1n) is 14.0. The number of nitrogens with one attached hydrogen (secondary N) is 1. The number of carboxylic acids is 1. The Morgan fingerprint density at radius 3 is 2.59 bits per heavy atom. The third-order valence-electron chi connectivity index (χ3n) is 7.42. The molecule has 3 heterocycles. The molecule has 0 bridgehead atoms. The van der Waals surface area contributed by atoms with Gasteiger partial charge in [0, 0.05) is 38.8 Å². The van der Waals surface area contributed by atoms with Gasteiger partial charge in [-0.05, 0) is 43.9 Å². The second-order valence-electron chi connectivity index (χ2n) is 10.4. The summed E-state index contributed by atoms with van der Waals surface area (Å²) in [6.07, 6.45) is 3.76. The van der Waals surface area contributed by atoms with Crippen LogP contribution in [-0.4, -0.2) is 79.2 Å². The van der Waals surface area contributed by atoms with Crippen LogP contribution in [0.5, 0.6) is 6.01 Å². The second-order valence-corrected chi connectivity index (χ2v) is 10.4. The number of imidazole rings is 1. The molecule has 1 aliphatic heterocycles. The highest BCUT2D eigenvalue weighted by Crippen LogP contribution is 2.22. The summed E-state index contributed by atoms with van der Waals surface area (Å²) in [5.41, 5.74) is 8.68. The Labute approximate surface area is 229 Å². The average Bonchev–Trinajstić information content (AvgIpc) is 3.21. The maximum Gasteiger partial charge on any atom is 0.327 e. The highest BCUT2D eigenvalue weighted by atomic mass is 16.5. The Bertz CT molecular complexity index is 1300. The molecule has 0 saturated carbocycles. The fourth-order valence-electron chi connectivity index (χ4n) is 4.99. The maximum atomic E-state index is 12.8. The number of unbranched alkanes of at least 4 members (excludes halogenated alkanes) is 1. The monoisotopic (exact) mass is 539 g/mol. The predicted octanol–water partition coefficient (Wildman–Crippen LogP) is 3.06. The molecule has 11 nitrogen and oxygen atoms in total. The normalized spacial score (nSPS) is 15.1. The molecular weight excluding hydrogens is 498 g/mol. The largest absolute Gasteiger partial charge is 0.481 e. The number of carboxylic acid groups (broad SMARTS) is 1. The van der Waals surface area contributed by atoms with Gasteiger partial charge in [0.05, 0.1) is 12.5 Å². The number of nitrogens with two attached hydrogens (primary N) is 1. The minimum absolute atomic E-state index is 0.189. The van der Waals surface area contributed by atoms with Gasteiger partial charge in [-0.3, -0.25) is 14.3 Å². The molecular formula is C28H41N7O4. The second kappa shape index (κ2) is 13.1. The number of nitrogen functional groups attached to an aromatic ring is 1. The number of ether oxygens (including phenoxy) is 1. The smallest absolute Gasteiger partial charge is 0.327 e. The third kappa shape index (κ3) is 6.96. The van der Waals surface area contributed by atoms with Crippen molar-refractivity contribution in [2.24, 2.45) is 0 Å². The highest BCUT2D eigenvalue weighted by molar-refractivity contribution is 5.81. The Balaban J connectivity index is 1.45. The molecule has 0 radical (unpaired) electrons. The average molecular weight is 540 g/mol. The summed E-state index contributed by atoms with van der Waals surface area (Å²) in [5, 5.41) is 9.31. The number of anilines is 1. The van der Waals surface area contributed by atoms with Gasteiger partial charge in [-0.2, -0.15) is 9.97 Å². The summed E-state index contributed by atoms with van der Waals surface area (Å²) >= 11 is 0. The van der Waals surface area contributed by atoms with Crippen molar-refractivity contribution in [3.8, 4) is 6.01 Å². The van der Waals surface area contributed by atoms with Crippen molar-refractivity contribution < 1.29 is 14.6 Å². The molecule has 1 fully saturated rings. The Morgan fingerprint density at radius 2 is 1.92 bits per heavy atom. The number of aryl methyl sites for hydroxylation is 1. The van der Waals surface area contributed by atoms with Gasteiger partial charge in [-0.15, -0.1) is 0 Å². The van der Waals surface area contributed by atoms with E-state index in [4.69, 9.17) is 10.5 Å². The van der Waals surface area contributed by atoms with Crippen LogP contribution >= 0.6 is 0 Å². The molecule has 3 aromatic rings. The molecule has 1 aliphatic rings. The third-order valence-corrected chi connectivity index (χ3v) is 7.42. The first kappa shape index (κ1) is 28.6. The van der Waals surface area contributed by atoms with E-state index in [1.807, 2.05) is 24.3 Å². The highest BCUT2D eigenvalue weighted by Gasteiger charge is 2.31. The number of rotatable bonds is 15. The van der Waals surface area contributed by atoms with Crippen molar-refractivity contribution in [2.45, 2.75) is 71.5 Å². The fraction of sp³-hybridized carbons (Fsp3) is 0.571. The topological polar surface area (TPSA) is 143 Å². The number of benzene rings is 1. The van der Waals surface area contributed by atoms with Gasteiger partial charge in [0.1, 0.15) is 5.52 Å². The number of aromatic nitrogens is 4. The molecule has 0 aliphatic carbocycles. The maximum absolute atomic E-state index is 12.8. The predicted molar refractivity (Wildman–Crippen MR) is 151 cm³/mol. The zero-order valence-electron chi connectivity index (χ0n) is 23.2. The summed E-state index contributed by atoms with van der Waals surface area (Å²) in [4.78, 5) is 40.5. The van der Waals surface area contributed by atoms with Crippen LogP contribution < -0.4 is 16.2 Å². The van der Waals surface area contributed by atoms with Crippen molar-refractivity contribution >= 4 is 23.0 Å². The molecule has 0 spiro atoms. The Morgan fingerprint density at radius 1 is 1.18 bits per heavy atom. The molecule has 11 heteroatoms. The summed E-state index contributed by atoms with van der Waals surface area (Å²) in [5.74, 6) is -1.15. The van der Waals surface area contributed by atoms with Crippen molar-refractivity contribution in [2.75, 3.05) is 38.5 Å². The Kier molecular flexibility index (Phi) is 9.58. The summed E-state index contributed by atoms with van der Waals surface area (Å²) in [6, 6.07) is 8.49. The van der Waals surface area contributed by atoms with Crippen molar-refractivity contribution in [1.82, 2.24) is 29.3 Å². The zero-order valence-corrected chi connectivity index (χ0v) is 23.2. The number of aliphatic carboxylic acids is 1. The van der Waals surface area contributed by atoms with Crippen LogP contribution in [-0.2, 0) is 17.9 Å². The number of fused-ring (bicyclic) bond motifs is 1. The first-order valence-corrected chi connectivity index (χ1v) is 14.0. The number of carbonyl (C=O) groups is 1. The number of H-pyrrole nitrogens is 1. The minimum atomic E-state index is -0.825. The standard InChI is InChI=1S/C28H41N7O4/c1-4-6-15-39-27-31-24(29)23-25(32-27)35(28(38)30-23)14-7-13-34(22-17-33(18-22)12-5-2)16-20-8-10-21(11-9-20)19(3)26(36)37/h8-11,19,22H,4-7,12-18H2,1-3H3,(H,30,38)(H,36,37)(H2,29,31,32). The number of nitrogens with zero attached hydrogens (tertiary/aromatic N) is 5. The summed E-state index contributed by atoms with van der Waals surface area (Å²) < 4.78 is 7.27. The van der Waals surface area contributed by atoms with E-state index < -0.39 is 11.9 Å². The van der Waals surface area contributed by atoms with Crippen LogP contribution in [0.25, 0.3) is 11.2 Å². The molecule has 4 rings (SSSR count). The lowest BCUT2D eigenvalue weighted by atomic mass is 9.99. The number of aromatic amines is 1. The van der Waals surface area contributed by atoms with Crippen LogP contribution in [0.1, 0.15) is 63.5 Å². The van der Waals surface area contributed by atoms with Crippen LogP contribution in [0.4, 0.5) is 5.82 Å². The number of likely N-dealkylation sites (tertiary alicyclic amines) is 1. The van der Waals surface area contributed by atoms with Gasteiger partial charge in [0.15, 0.2) is 11.5 Å². The molecule has 4 N–H and O–H groups in total. The van der Waals surface area contributed by atoms with Gasteiger partial charge in [0.25, 0.3) is 0 Å². The van der Waals surface area contributed by atoms with Crippen LogP contribution in [0, 0.1) is 0 Å². The van der Waals surface area contributed by atoms with Gasteiger partial charge in [-0.1, -0.05) is 44.5 Å². The summed E-state index contributed by atoms with van der Waals surface area (Å²) in [6.45, 7) is 11.7. The molecule has 0 amide bonds.